The molecule has 158 valence electrons. The molecule has 2 amide bonds. The molecule has 0 spiro atoms. The lowest BCUT2D eigenvalue weighted by Crippen LogP contribution is -2.46. The van der Waals surface area contributed by atoms with Gasteiger partial charge in [-0.3, -0.25) is 14.3 Å². The van der Waals surface area contributed by atoms with Crippen LogP contribution in [0, 0.1) is 0 Å². The van der Waals surface area contributed by atoms with Gasteiger partial charge in [0.15, 0.2) is 0 Å². The van der Waals surface area contributed by atoms with E-state index in [9.17, 15) is 9.59 Å². The summed E-state index contributed by atoms with van der Waals surface area (Å²) in [6.07, 6.45) is 12.0. The molecule has 8 heteroatoms. The SMILES string of the molecule is CCCN(C(=O)c1cnn(CC(=O)NC2CCCCC2)c1)C1CCNCC1.Cl. The maximum atomic E-state index is 13.0. The van der Waals surface area contributed by atoms with Gasteiger partial charge in [0, 0.05) is 24.8 Å². The van der Waals surface area contributed by atoms with E-state index in [4.69, 9.17) is 0 Å². The second-order valence-electron chi connectivity index (χ2n) is 7.81. The van der Waals surface area contributed by atoms with Gasteiger partial charge >= 0.3 is 0 Å². The van der Waals surface area contributed by atoms with Crippen LogP contribution in [0.5, 0.6) is 0 Å². The molecule has 2 N–H and O–H groups in total. The van der Waals surface area contributed by atoms with E-state index < -0.39 is 0 Å². The fourth-order valence-electron chi connectivity index (χ4n) is 4.20. The highest BCUT2D eigenvalue weighted by molar-refractivity contribution is 5.94. The van der Waals surface area contributed by atoms with Crippen LogP contribution in [0.3, 0.4) is 0 Å². The lowest BCUT2D eigenvalue weighted by atomic mass is 9.95. The summed E-state index contributed by atoms with van der Waals surface area (Å²) >= 11 is 0. The van der Waals surface area contributed by atoms with E-state index in [1.807, 2.05) is 4.90 Å². The third-order valence-corrected chi connectivity index (χ3v) is 5.63. The summed E-state index contributed by atoms with van der Waals surface area (Å²) in [5.74, 6) is 0.00968. The van der Waals surface area contributed by atoms with Crippen LogP contribution >= 0.6 is 12.4 Å². The molecule has 0 atom stereocenters. The van der Waals surface area contributed by atoms with E-state index in [2.05, 4.69) is 22.7 Å². The van der Waals surface area contributed by atoms with Gasteiger partial charge in [0.1, 0.15) is 6.54 Å². The normalized spacial score (nSPS) is 18.3. The summed E-state index contributed by atoms with van der Waals surface area (Å²) in [6.45, 7) is 4.94. The van der Waals surface area contributed by atoms with Crippen LogP contribution in [0.4, 0.5) is 0 Å². The smallest absolute Gasteiger partial charge is 0.257 e. The van der Waals surface area contributed by atoms with E-state index in [0.29, 0.717) is 11.6 Å². The topological polar surface area (TPSA) is 79.3 Å². The average molecular weight is 412 g/mol. The number of halogens is 1. The Morgan fingerprint density at radius 1 is 1.21 bits per heavy atom. The third kappa shape index (κ3) is 6.21. The number of nitrogens with one attached hydrogen (secondary N) is 2. The van der Waals surface area contributed by atoms with Crippen LogP contribution < -0.4 is 10.6 Å². The van der Waals surface area contributed by atoms with Crippen LogP contribution in [-0.4, -0.2) is 58.2 Å². The molecule has 0 bridgehead atoms. The molecule has 1 saturated heterocycles. The number of hydrogen-bond acceptors (Lipinski definition) is 4. The Morgan fingerprint density at radius 2 is 1.93 bits per heavy atom. The predicted octanol–water partition coefficient (Wildman–Crippen LogP) is 2.36. The molecule has 1 aliphatic carbocycles. The molecule has 2 aliphatic rings. The molecule has 1 aromatic heterocycles. The van der Waals surface area contributed by atoms with Crippen molar-refractivity contribution in [1.82, 2.24) is 25.3 Å². The summed E-state index contributed by atoms with van der Waals surface area (Å²) in [7, 11) is 0. The predicted molar refractivity (Wildman–Crippen MR) is 112 cm³/mol. The molecular weight excluding hydrogens is 378 g/mol. The first-order chi connectivity index (χ1) is 13.2. The van der Waals surface area contributed by atoms with Gasteiger partial charge in [-0.1, -0.05) is 26.2 Å². The summed E-state index contributed by atoms with van der Waals surface area (Å²) < 4.78 is 1.58. The van der Waals surface area contributed by atoms with Crippen LogP contribution in [-0.2, 0) is 11.3 Å². The van der Waals surface area contributed by atoms with E-state index in [1.54, 1.807) is 17.1 Å². The maximum Gasteiger partial charge on any atom is 0.257 e. The van der Waals surface area contributed by atoms with Gasteiger partial charge in [-0.05, 0) is 45.2 Å². The number of aromatic nitrogens is 2. The number of amides is 2. The number of carbonyl (C=O) groups is 2. The number of carbonyl (C=O) groups excluding carboxylic acids is 2. The van der Waals surface area contributed by atoms with Gasteiger partial charge in [-0.15, -0.1) is 12.4 Å². The Hall–Kier alpha value is -1.60. The van der Waals surface area contributed by atoms with Gasteiger partial charge in [0.2, 0.25) is 5.91 Å². The lowest BCUT2D eigenvalue weighted by Gasteiger charge is -2.34. The minimum atomic E-state index is -0.0206. The molecule has 1 aliphatic heterocycles. The number of hydrogen-bond donors (Lipinski definition) is 2. The van der Waals surface area contributed by atoms with Crippen molar-refractivity contribution in [3.05, 3.63) is 18.0 Å². The number of piperidine rings is 1. The van der Waals surface area contributed by atoms with E-state index in [-0.39, 0.29) is 36.8 Å². The van der Waals surface area contributed by atoms with Gasteiger partial charge in [0.05, 0.1) is 11.8 Å². The second kappa shape index (κ2) is 11.4. The van der Waals surface area contributed by atoms with Crippen LogP contribution in [0.15, 0.2) is 12.4 Å². The van der Waals surface area contributed by atoms with Crippen LogP contribution in [0.2, 0.25) is 0 Å². The Kier molecular flexibility index (Phi) is 9.25. The van der Waals surface area contributed by atoms with E-state index in [1.165, 1.54) is 19.3 Å². The summed E-state index contributed by atoms with van der Waals surface area (Å²) in [5, 5.41) is 10.7. The highest BCUT2D eigenvalue weighted by atomic mass is 35.5. The molecule has 1 saturated carbocycles. The highest BCUT2D eigenvalue weighted by Gasteiger charge is 2.26. The zero-order valence-electron chi connectivity index (χ0n) is 16.9. The van der Waals surface area contributed by atoms with Crippen molar-refractivity contribution in [2.75, 3.05) is 19.6 Å². The van der Waals surface area contributed by atoms with Crippen molar-refractivity contribution in [1.29, 1.82) is 0 Å². The summed E-state index contributed by atoms with van der Waals surface area (Å²) in [5.41, 5.74) is 0.576. The maximum absolute atomic E-state index is 13.0. The Labute approximate surface area is 174 Å². The van der Waals surface area contributed by atoms with Crippen molar-refractivity contribution < 1.29 is 9.59 Å². The first-order valence-electron chi connectivity index (χ1n) is 10.5. The fourth-order valence-corrected chi connectivity index (χ4v) is 4.20. The summed E-state index contributed by atoms with van der Waals surface area (Å²) in [4.78, 5) is 27.3. The minimum Gasteiger partial charge on any atom is -0.352 e. The Bertz CT molecular complexity index is 624. The molecule has 0 aromatic carbocycles. The first kappa shape index (κ1) is 22.7. The van der Waals surface area contributed by atoms with Crippen molar-refractivity contribution >= 4 is 24.2 Å². The second-order valence-corrected chi connectivity index (χ2v) is 7.81. The Morgan fingerprint density at radius 3 is 2.61 bits per heavy atom. The van der Waals surface area contributed by atoms with Crippen molar-refractivity contribution in [2.24, 2.45) is 0 Å². The Balaban J connectivity index is 0.00000280. The third-order valence-electron chi connectivity index (χ3n) is 5.63. The number of rotatable bonds is 7. The molecule has 0 unspecified atom stereocenters. The van der Waals surface area contributed by atoms with Crippen molar-refractivity contribution in [3.8, 4) is 0 Å². The molecular formula is C20H34ClN5O2. The zero-order valence-corrected chi connectivity index (χ0v) is 17.7. The monoisotopic (exact) mass is 411 g/mol. The molecule has 3 rings (SSSR count). The van der Waals surface area contributed by atoms with Gasteiger partial charge in [-0.2, -0.15) is 5.10 Å². The lowest BCUT2D eigenvalue weighted by molar-refractivity contribution is -0.122. The van der Waals surface area contributed by atoms with Crippen LogP contribution in [0.1, 0.15) is 68.6 Å². The zero-order chi connectivity index (χ0) is 19.1. The average Bonchev–Trinajstić information content (AvgIpc) is 3.15. The van der Waals surface area contributed by atoms with Gasteiger partial charge in [0.25, 0.3) is 5.91 Å². The molecule has 2 fully saturated rings. The highest BCUT2D eigenvalue weighted by Crippen LogP contribution is 2.18. The number of nitrogens with zero attached hydrogens (tertiary/aromatic N) is 3. The summed E-state index contributed by atoms with van der Waals surface area (Å²) in [6, 6.07) is 0.583. The van der Waals surface area contributed by atoms with Gasteiger partial charge in [-0.25, -0.2) is 0 Å². The molecule has 0 radical (unpaired) electrons. The van der Waals surface area contributed by atoms with Crippen molar-refractivity contribution in [2.45, 2.75) is 76.9 Å². The molecule has 28 heavy (non-hydrogen) atoms. The van der Waals surface area contributed by atoms with Crippen molar-refractivity contribution in [3.63, 3.8) is 0 Å². The molecule has 7 nitrogen and oxygen atoms in total. The standard InChI is InChI=1S/C20H33N5O2.ClH/c1-2-12-25(18-8-10-21-11-9-18)20(27)16-13-22-24(14-16)15-19(26)23-17-6-4-3-5-7-17;/h13-14,17-18,21H,2-12,15H2,1H3,(H,23,26);1H. The van der Waals surface area contributed by atoms with E-state index in [0.717, 1.165) is 51.7 Å². The van der Waals surface area contributed by atoms with Crippen LogP contribution in [0.25, 0.3) is 0 Å². The van der Waals surface area contributed by atoms with Gasteiger partial charge < -0.3 is 15.5 Å². The largest absolute Gasteiger partial charge is 0.352 e. The van der Waals surface area contributed by atoms with E-state index >= 15 is 0 Å². The molecule has 1 aromatic rings. The quantitative estimate of drug-likeness (QED) is 0.721. The fraction of sp³-hybridized carbons (Fsp3) is 0.750. The minimum absolute atomic E-state index is 0. The first-order valence-corrected chi connectivity index (χ1v) is 10.5. The molecule has 2 heterocycles.